The maximum atomic E-state index is 11.2. The van der Waals surface area contributed by atoms with Gasteiger partial charge in [-0.25, -0.2) is 0 Å². The van der Waals surface area contributed by atoms with Crippen molar-refractivity contribution in [3.8, 4) is 0 Å². The van der Waals surface area contributed by atoms with Gasteiger partial charge in [0.1, 0.15) is 0 Å². The third-order valence-corrected chi connectivity index (χ3v) is 3.64. The third kappa shape index (κ3) is 8.47. The largest absolute Gasteiger partial charge is 0.369 e. The number of hydrogen-bond donors (Lipinski definition) is 4. The van der Waals surface area contributed by atoms with Gasteiger partial charge < -0.3 is 26.6 Å². The highest BCUT2D eigenvalue weighted by Crippen LogP contribution is 2.00. The van der Waals surface area contributed by atoms with Crippen molar-refractivity contribution in [3.05, 3.63) is 0 Å². The molecule has 118 valence electrons. The van der Waals surface area contributed by atoms with Gasteiger partial charge in [-0.2, -0.15) is 0 Å². The molecule has 1 rings (SSSR count). The zero-order valence-corrected chi connectivity index (χ0v) is 12.8. The standard InChI is InChI=1S/C14H31N5O/c1-13(14(15)20)12-19-10-3-6-17-8-7-16-4-2-5-18-9-11-19/h13,16-18H,2-12H2,1H3,(H2,15,20). The molecule has 0 aromatic heterocycles. The van der Waals surface area contributed by atoms with Crippen LogP contribution in [0.2, 0.25) is 0 Å². The van der Waals surface area contributed by atoms with Crippen LogP contribution in [0, 0.1) is 5.92 Å². The summed E-state index contributed by atoms with van der Waals surface area (Å²) in [6, 6.07) is 0. The van der Waals surface area contributed by atoms with E-state index in [1.54, 1.807) is 0 Å². The molecule has 0 aromatic rings. The molecule has 0 bridgehead atoms. The highest BCUT2D eigenvalue weighted by Gasteiger charge is 2.14. The summed E-state index contributed by atoms with van der Waals surface area (Å²) < 4.78 is 0. The minimum Gasteiger partial charge on any atom is -0.369 e. The number of nitrogens with one attached hydrogen (secondary N) is 3. The Labute approximate surface area is 122 Å². The van der Waals surface area contributed by atoms with Crippen LogP contribution >= 0.6 is 0 Å². The van der Waals surface area contributed by atoms with Crippen molar-refractivity contribution < 1.29 is 4.79 Å². The number of nitrogens with two attached hydrogens (primary N) is 1. The van der Waals surface area contributed by atoms with Crippen molar-refractivity contribution in [2.24, 2.45) is 11.7 Å². The van der Waals surface area contributed by atoms with Gasteiger partial charge in [0.05, 0.1) is 0 Å². The van der Waals surface area contributed by atoms with E-state index in [4.69, 9.17) is 5.73 Å². The van der Waals surface area contributed by atoms with Crippen LogP contribution in [-0.4, -0.2) is 69.7 Å². The molecule has 0 aliphatic carbocycles. The first-order chi connectivity index (χ1) is 9.70. The highest BCUT2D eigenvalue weighted by molar-refractivity contribution is 5.76. The number of carbonyl (C=O) groups excluding carboxylic acids is 1. The van der Waals surface area contributed by atoms with Gasteiger partial charge in [-0.15, -0.1) is 0 Å². The Morgan fingerprint density at radius 3 is 2.25 bits per heavy atom. The van der Waals surface area contributed by atoms with Crippen molar-refractivity contribution in [1.29, 1.82) is 0 Å². The molecule has 0 aromatic carbocycles. The minimum absolute atomic E-state index is 0.0777. The molecule has 1 aliphatic heterocycles. The Kier molecular flexibility index (Phi) is 9.57. The van der Waals surface area contributed by atoms with Crippen molar-refractivity contribution in [2.45, 2.75) is 19.8 Å². The zero-order valence-electron chi connectivity index (χ0n) is 12.8. The maximum Gasteiger partial charge on any atom is 0.221 e. The Balaban J connectivity index is 2.34. The second-order valence-electron chi connectivity index (χ2n) is 5.56. The Bertz CT molecular complexity index is 248. The SMILES string of the molecule is CC(CN1CCCNCCNCCCNCC1)C(N)=O. The molecular weight excluding hydrogens is 254 g/mol. The molecule has 1 aliphatic rings. The molecule has 0 spiro atoms. The lowest BCUT2D eigenvalue weighted by Gasteiger charge is -2.25. The number of primary amides is 1. The van der Waals surface area contributed by atoms with Crippen molar-refractivity contribution in [2.75, 3.05) is 58.9 Å². The number of rotatable bonds is 3. The Morgan fingerprint density at radius 1 is 1.00 bits per heavy atom. The van der Waals surface area contributed by atoms with Gasteiger partial charge in [0, 0.05) is 38.6 Å². The van der Waals surface area contributed by atoms with E-state index in [9.17, 15) is 4.79 Å². The summed E-state index contributed by atoms with van der Waals surface area (Å²) >= 11 is 0. The average Bonchev–Trinajstić information content (AvgIpc) is 2.42. The first kappa shape index (κ1) is 17.4. The predicted octanol–water partition coefficient (Wildman–Crippen LogP) is -1.03. The van der Waals surface area contributed by atoms with Crippen LogP contribution < -0.4 is 21.7 Å². The lowest BCUT2D eigenvalue weighted by atomic mass is 10.1. The zero-order chi connectivity index (χ0) is 14.6. The van der Waals surface area contributed by atoms with E-state index in [1.165, 1.54) is 0 Å². The third-order valence-electron chi connectivity index (χ3n) is 3.64. The molecule has 1 fully saturated rings. The first-order valence-corrected chi connectivity index (χ1v) is 7.84. The lowest BCUT2D eigenvalue weighted by Crippen LogP contribution is -2.40. The van der Waals surface area contributed by atoms with E-state index in [0.29, 0.717) is 0 Å². The second kappa shape index (κ2) is 11.0. The van der Waals surface area contributed by atoms with Gasteiger partial charge in [0.2, 0.25) is 5.91 Å². The number of amides is 1. The summed E-state index contributed by atoms with van der Waals surface area (Å²) in [6.45, 7) is 10.8. The molecular formula is C14H31N5O. The molecule has 20 heavy (non-hydrogen) atoms. The van der Waals surface area contributed by atoms with Crippen LogP contribution in [0.25, 0.3) is 0 Å². The Hall–Kier alpha value is -0.690. The quantitative estimate of drug-likeness (QED) is 0.533. The van der Waals surface area contributed by atoms with Crippen LogP contribution in [0.4, 0.5) is 0 Å². The van der Waals surface area contributed by atoms with Gasteiger partial charge in [-0.1, -0.05) is 6.92 Å². The molecule has 5 N–H and O–H groups in total. The van der Waals surface area contributed by atoms with Gasteiger partial charge in [0.15, 0.2) is 0 Å². The van der Waals surface area contributed by atoms with Gasteiger partial charge in [-0.05, 0) is 39.0 Å². The normalized spacial score (nSPS) is 22.9. The van der Waals surface area contributed by atoms with Crippen molar-refractivity contribution in [3.63, 3.8) is 0 Å². The van der Waals surface area contributed by atoms with E-state index < -0.39 is 0 Å². The summed E-state index contributed by atoms with van der Waals surface area (Å²) in [5.41, 5.74) is 5.36. The molecule has 1 heterocycles. The van der Waals surface area contributed by atoms with Crippen LogP contribution in [0.1, 0.15) is 19.8 Å². The molecule has 1 saturated heterocycles. The molecule has 1 amide bonds. The van der Waals surface area contributed by atoms with E-state index >= 15 is 0 Å². The van der Waals surface area contributed by atoms with E-state index in [2.05, 4.69) is 20.9 Å². The summed E-state index contributed by atoms with van der Waals surface area (Å²) in [5.74, 6) is -0.285. The van der Waals surface area contributed by atoms with E-state index in [0.717, 1.165) is 71.7 Å². The Morgan fingerprint density at radius 2 is 1.60 bits per heavy atom. The van der Waals surface area contributed by atoms with Crippen molar-refractivity contribution in [1.82, 2.24) is 20.9 Å². The molecule has 1 unspecified atom stereocenters. The van der Waals surface area contributed by atoms with E-state index in [1.807, 2.05) is 6.92 Å². The summed E-state index contributed by atoms with van der Waals surface area (Å²) in [5, 5.41) is 10.3. The van der Waals surface area contributed by atoms with Gasteiger partial charge in [0.25, 0.3) is 0 Å². The topological polar surface area (TPSA) is 82.4 Å². The van der Waals surface area contributed by atoms with Gasteiger partial charge >= 0.3 is 0 Å². The van der Waals surface area contributed by atoms with Crippen LogP contribution in [0.15, 0.2) is 0 Å². The smallest absolute Gasteiger partial charge is 0.221 e. The number of nitrogens with zero attached hydrogens (tertiary/aromatic N) is 1. The maximum absolute atomic E-state index is 11.2. The summed E-state index contributed by atoms with van der Waals surface area (Å²) in [6.07, 6.45) is 2.25. The lowest BCUT2D eigenvalue weighted by molar-refractivity contribution is -0.121. The fraction of sp³-hybridized carbons (Fsp3) is 0.929. The fourth-order valence-electron chi connectivity index (χ4n) is 2.33. The van der Waals surface area contributed by atoms with Crippen molar-refractivity contribution >= 4 is 5.91 Å². The summed E-state index contributed by atoms with van der Waals surface area (Å²) in [7, 11) is 0. The van der Waals surface area contributed by atoms with Gasteiger partial charge in [-0.3, -0.25) is 4.79 Å². The van der Waals surface area contributed by atoms with E-state index in [-0.39, 0.29) is 11.8 Å². The second-order valence-corrected chi connectivity index (χ2v) is 5.56. The highest BCUT2D eigenvalue weighted by atomic mass is 16.1. The number of hydrogen-bond acceptors (Lipinski definition) is 5. The van der Waals surface area contributed by atoms with Crippen LogP contribution in [0.3, 0.4) is 0 Å². The molecule has 0 saturated carbocycles. The minimum atomic E-state index is -0.207. The van der Waals surface area contributed by atoms with Crippen LogP contribution in [-0.2, 0) is 4.79 Å². The molecule has 0 radical (unpaired) electrons. The molecule has 1 atom stereocenters. The summed E-state index contributed by atoms with van der Waals surface area (Å²) in [4.78, 5) is 13.5. The monoisotopic (exact) mass is 285 g/mol. The first-order valence-electron chi connectivity index (χ1n) is 7.84. The van der Waals surface area contributed by atoms with Crippen LogP contribution in [0.5, 0.6) is 0 Å². The number of carbonyl (C=O) groups is 1. The predicted molar refractivity (Wildman–Crippen MR) is 82.6 cm³/mol. The molecule has 6 heteroatoms. The molecule has 6 nitrogen and oxygen atoms in total. The fourth-order valence-corrected chi connectivity index (χ4v) is 2.33. The average molecular weight is 285 g/mol.